The van der Waals surface area contributed by atoms with Gasteiger partial charge in [0.05, 0.1) is 15.7 Å². The van der Waals surface area contributed by atoms with Crippen molar-refractivity contribution in [3.63, 3.8) is 0 Å². The number of rotatable bonds is 4. The minimum Gasteiger partial charge on any atom is -0.310 e. The zero-order valence-electron chi connectivity index (χ0n) is 10.1. The highest BCUT2D eigenvalue weighted by atomic mass is 127. The molecule has 0 atom stereocenters. The Kier molecular flexibility index (Phi) is 5.18. The van der Waals surface area contributed by atoms with Crippen LogP contribution in [0, 0.1) is 9.49 Å². The van der Waals surface area contributed by atoms with Gasteiger partial charge in [-0.3, -0.25) is 4.79 Å². The van der Waals surface area contributed by atoms with Crippen LogP contribution in [0.15, 0.2) is 4.79 Å². The monoisotopic (exact) mass is 374 g/mol. The highest BCUT2D eigenvalue weighted by molar-refractivity contribution is 14.1. The molecule has 0 amide bonds. The Bertz CT molecular complexity index is 468. The zero-order chi connectivity index (χ0) is 13.9. The summed E-state index contributed by atoms with van der Waals surface area (Å²) in [6, 6.07) is 0. The standard InChI is InChI=1S/C11H14F3IN2O/c1-6(2)5-7-9(15)10(18)17-8(16-7)3-4-11(12,13)14/h6H,3-5H2,1-2H3,(H,16,17,18). The third-order valence-electron chi connectivity index (χ3n) is 2.23. The molecule has 0 radical (unpaired) electrons. The van der Waals surface area contributed by atoms with Gasteiger partial charge in [-0.1, -0.05) is 13.8 Å². The number of nitrogens with zero attached hydrogens (tertiary/aromatic N) is 1. The van der Waals surface area contributed by atoms with Crippen LogP contribution in [0.2, 0.25) is 0 Å². The van der Waals surface area contributed by atoms with E-state index in [9.17, 15) is 18.0 Å². The minimum atomic E-state index is -4.24. The van der Waals surface area contributed by atoms with Crippen LogP contribution in [0.5, 0.6) is 0 Å². The quantitative estimate of drug-likeness (QED) is 0.824. The van der Waals surface area contributed by atoms with E-state index in [1.165, 1.54) is 0 Å². The first-order chi connectivity index (χ1) is 8.19. The molecule has 0 saturated heterocycles. The molecule has 1 N–H and O–H groups in total. The molecule has 7 heteroatoms. The Hall–Kier alpha value is -0.600. The van der Waals surface area contributed by atoms with Crippen molar-refractivity contribution in [1.82, 2.24) is 9.97 Å². The molecule has 0 bridgehead atoms. The number of alkyl halides is 3. The highest BCUT2D eigenvalue weighted by Crippen LogP contribution is 2.21. The van der Waals surface area contributed by atoms with Gasteiger partial charge in [-0.05, 0) is 34.9 Å². The van der Waals surface area contributed by atoms with Crippen LogP contribution in [0.3, 0.4) is 0 Å². The van der Waals surface area contributed by atoms with E-state index < -0.39 is 12.6 Å². The van der Waals surface area contributed by atoms with E-state index in [4.69, 9.17) is 0 Å². The lowest BCUT2D eigenvalue weighted by molar-refractivity contribution is -0.134. The molecule has 18 heavy (non-hydrogen) atoms. The Morgan fingerprint density at radius 3 is 2.50 bits per heavy atom. The third kappa shape index (κ3) is 4.95. The summed E-state index contributed by atoms with van der Waals surface area (Å²) in [5.41, 5.74) is 0.213. The van der Waals surface area contributed by atoms with E-state index in [0.29, 0.717) is 21.6 Å². The molecule has 3 nitrogen and oxygen atoms in total. The number of halogens is 4. The van der Waals surface area contributed by atoms with E-state index >= 15 is 0 Å². The van der Waals surface area contributed by atoms with Crippen LogP contribution >= 0.6 is 22.6 Å². The second kappa shape index (κ2) is 6.03. The van der Waals surface area contributed by atoms with Crippen LogP contribution in [0.1, 0.15) is 31.8 Å². The first-order valence-electron chi connectivity index (χ1n) is 5.53. The molecule has 0 aliphatic heterocycles. The number of nitrogens with one attached hydrogen (secondary N) is 1. The van der Waals surface area contributed by atoms with Crippen LogP contribution in [0.4, 0.5) is 13.2 Å². The van der Waals surface area contributed by atoms with E-state index in [2.05, 4.69) is 9.97 Å². The normalized spacial score (nSPS) is 12.2. The van der Waals surface area contributed by atoms with Crippen LogP contribution in [-0.4, -0.2) is 16.1 Å². The topological polar surface area (TPSA) is 45.8 Å². The summed E-state index contributed by atoms with van der Waals surface area (Å²) in [6.07, 6.45) is -4.92. The molecule has 0 saturated carbocycles. The number of aryl methyl sites for hydroxylation is 1. The van der Waals surface area contributed by atoms with Gasteiger partial charge < -0.3 is 4.98 Å². The predicted molar refractivity (Wildman–Crippen MR) is 70.5 cm³/mol. The number of aromatic nitrogens is 2. The molecule has 1 heterocycles. The van der Waals surface area contributed by atoms with E-state index in [0.717, 1.165) is 0 Å². The molecule has 0 aliphatic rings. The average Bonchev–Trinajstić information content (AvgIpc) is 2.20. The van der Waals surface area contributed by atoms with Crippen molar-refractivity contribution in [3.05, 3.63) is 25.4 Å². The molecule has 1 rings (SSSR count). The van der Waals surface area contributed by atoms with Gasteiger partial charge in [0.2, 0.25) is 0 Å². The molecule has 0 spiro atoms. The van der Waals surface area contributed by atoms with Crippen molar-refractivity contribution < 1.29 is 13.2 Å². The summed E-state index contributed by atoms with van der Waals surface area (Å²) in [5.74, 6) is 0.400. The van der Waals surface area contributed by atoms with Crippen LogP contribution in [-0.2, 0) is 12.8 Å². The van der Waals surface area contributed by atoms with Crippen molar-refractivity contribution >= 4 is 22.6 Å². The van der Waals surface area contributed by atoms with Crippen LogP contribution in [0.25, 0.3) is 0 Å². The summed E-state index contributed by atoms with van der Waals surface area (Å²) < 4.78 is 36.8. The molecule has 0 fully saturated rings. The van der Waals surface area contributed by atoms with Gasteiger partial charge in [-0.25, -0.2) is 4.98 Å². The predicted octanol–water partition coefficient (Wildman–Crippen LogP) is 3.07. The van der Waals surface area contributed by atoms with Crippen molar-refractivity contribution in [2.45, 2.75) is 39.3 Å². The number of hydrogen-bond donors (Lipinski definition) is 1. The number of H-pyrrole nitrogens is 1. The lowest BCUT2D eigenvalue weighted by Crippen LogP contribution is -2.20. The molecule has 1 aromatic rings. The lowest BCUT2D eigenvalue weighted by atomic mass is 10.1. The first kappa shape index (κ1) is 15.5. The maximum absolute atomic E-state index is 12.1. The Morgan fingerprint density at radius 1 is 1.39 bits per heavy atom. The largest absolute Gasteiger partial charge is 0.389 e. The summed E-state index contributed by atoms with van der Waals surface area (Å²) in [5, 5.41) is 0. The summed E-state index contributed by atoms with van der Waals surface area (Å²) in [7, 11) is 0. The molecule has 102 valence electrons. The van der Waals surface area contributed by atoms with Gasteiger partial charge in [0.15, 0.2) is 0 Å². The van der Waals surface area contributed by atoms with Crippen molar-refractivity contribution in [2.24, 2.45) is 5.92 Å². The van der Waals surface area contributed by atoms with E-state index in [1.807, 2.05) is 36.4 Å². The van der Waals surface area contributed by atoms with Gasteiger partial charge in [0.1, 0.15) is 5.82 Å². The van der Waals surface area contributed by atoms with E-state index in [-0.39, 0.29) is 17.8 Å². The maximum atomic E-state index is 12.1. The molecule has 0 aliphatic carbocycles. The van der Waals surface area contributed by atoms with Gasteiger partial charge >= 0.3 is 6.18 Å². The summed E-state index contributed by atoms with van der Waals surface area (Å²) in [6.45, 7) is 3.93. The van der Waals surface area contributed by atoms with Crippen molar-refractivity contribution in [3.8, 4) is 0 Å². The molecular formula is C11H14F3IN2O. The Labute approximate surface area is 116 Å². The minimum absolute atomic E-state index is 0.105. The fourth-order valence-corrected chi connectivity index (χ4v) is 1.93. The Morgan fingerprint density at radius 2 is 2.00 bits per heavy atom. The SMILES string of the molecule is CC(C)Cc1nc(CCC(F)(F)F)[nH]c(=O)c1I. The number of aromatic amines is 1. The van der Waals surface area contributed by atoms with Gasteiger partial charge in [-0.15, -0.1) is 0 Å². The van der Waals surface area contributed by atoms with Gasteiger partial charge in [0.25, 0.3) is 5.56 Å². The lowest BCUT2D eigenvalue weighted by Gasteiger charge is -2.09. The second-order valence-corrected chi connectivity index (χ2v) is 5.57. The van der Waals surface area contributed by atoms with Crippen molar-refractivity contribution in [2.75, 3.05) is 0 Å². The molecule has 0 unspecified atom stereocenters. The third-order valence-corrected chi connectivity index (χ3v) is 3.34. The number of hydrogen-bond acceptors (Lipinski definition) is 2. The zero-order valence-corrected chi connectivity index (χ0v) is 12.2. The second-order valence-electron chi connectivity index (χ2n) is 4.49. The fraction of sp³-hybridized carbons (Fsp3) is 0.636. The molecule has 1 aromatic heterocycles. The highest BCUT2D eigenvalue weighted by Gasteiger charge is 2.27. The molecular weight excluding hydrogens is 360 g/mol. The Balaban J connectivity index is 2.94. The van der Waals surface area contributed by atoms with E-state index in [1.54, 1.807) is 0 Å². The van der Waals surface area contributed by atoms with Gasteiger partial charge in [0, 0.05) is 6.42 Å². The van der Waals surface area contributed by atoms with Crippen molar-refractivity contribution in [1.29, 1.82) is 0 Å². The first-order valence-corrected chi connectivity index (χ1v) is 6.61. The summed E-state index contributed by atoms with van der Waals surface area (Å²) in [4.78, 5) is 18.1. The summed E-state index contributed by atoms with van der Waals surface area (Å²) >= 11 is 1.87. The smallest absolute Gasteiger partial charge is 0.310 e. The van der Waals surface area contributed by atoms with Gasteiger partial charge in [-0.2, -0.15) is 13.2 Å². The molecule has 0 aromatic carbocycles. The fourth-order valence-electron chi connectivity index (χ4n) is 1.46. The van der Waals surface area contributed by atoms with Crippen LogP contribution < -0.4 is 5.56 Å². The average molecular weight is 374 g/mol. The maximum Gasteiger partial charge on any atom is 0.389 e.